The van der Waals surface area contributed by atoms with Gasteiger partial charge in [-0.3, -0.25) is 4.98 Å². The van der Waals surface area contributed by atoms with Crippen LogP contribution in [0, 0.1) is 0 Å². The summed E-state index contributed by atoms with van der Waals surface area (Å²) in [5.74, 6) is 0.811. The molecule has 0 saturated carbocycles. The van der Waals surface area contributed by atoms with E-state index in [0.29, 0.717) is 0 Å². The van der Waals surface area contributed by atoms with Crippen molar-refractivity contribution >= 4 is 33.9 Å². The van der Waals surface area contributed by atoms with Crippen LogP contribution in [0.4, 0.5) is 17.1 Å². The van der Waals surface area contributed by atoms with Gasteiger partial charge in [-0.1, -0.05) is 30.3 Å². The number of ether oxygens (including phenoxy) is 1. The summed E-state index contributed by atoms with van der Waals surface area (Å²) in [4.78, 5) is 6.41. The molecule has 5 nitrogen and oxygen atoms in total. The molecule has 3 N–H and O–H groups in total. The van der Waals surface area contributed by atoms with Crippen LogP contribution in [-0.2, 0) is 13.1 Å². The minimum absolute atomic E-state index is 0.723. The van der Waals surface area contributed by atoms with E-state index in [4.69, 9.17) is 10.5 Å². The van der Waals surface area contributed by atoms with Crippen molar-refractivity contribution in [3.8, 4) is 5.75 Å². The summed E-state index contributed by atoms with van der Waals surface area (Å²) in [6, 6.07) is 20.6. The molecule has 0 amide bonds. The third-order valence-corrected chi connectivity index (χ3v) is 5.71. The Morgan fingerprint density at radius 3 is 2.71 bits per heavy atom. The van der Waals surface area contributed by atoms with E-state index < -0.39 is 0 Å². The molecule has 0 spiro atoms. The Bertz CT molecular complexity index is 1250. The van der Waals surface area contributed by atoms with Gasteiger partial charge in [0.15, 0.2) is 0 Å². The third kappa shape index (κ3) is 3.55. The topological polar surface area (TPSA) is 63.4 Å². The summed E-state index contributed by atoms with van der Waals surface area (Å²) >= 11 is 0. The van der Waals surface area contributed by atoms with Gasteiger partial charge in [-0.2, -0.15) is 0 Å². The molecule has 5 rings (SSSR count). The molecule has 1 aliphatic heterocycles. The summed E-state index contributed by atoms with van der Waals surface area (Å²) in [7, 11) is 1.71. The number of pyridine rings is 1. The smallest absolute Gasteiger partial charge is 0.149 e. The van der Waals surface area contributed by atoms with Crippen molar-refractivity contribution in [1.29, 1.82) is 0 Å². The largest absolute Gasteiger partial charge is 0.494 e. The van der Waals surface area contributed by atoms with Gasteiger partial charge in [-0.25, -0.2) is 0 Å². The number of nitrogens with zero attached hydrogens (tertiary/aromatic N) is 2. The van der Waals surface area contributed by atoms with Gasteiger partial charge in [0.2, 0.25) is 0 Å². The lowest BCUT2D eigenvalue weighted by molar-refractivity contribution is 0.421. The first kappa shape index (κ1) is 19.0. The van der Waals surface area contributed by atoms with Gasteiger partial charge < -0.3 is 20.7 Å². The van der Waals surface area contributed by atoms with Crippen molar-refractivity contribution in [2.45, 2.75) is 13.1 Å². The number of methoxy groups -OCH3 is 1. The molecule has 0 saturated heterocycles. The van der Waals surface area contributed by atoms with Crippen LogP contribution in [0.5, 0.6) is 5.75 Å². The fraction of sp³-hybridized carbons (Fsp3) is 0.115. The van der Waals surface area contributed by atoms with E-state index in [2.05, 4.69) is 57.8 Å². The van der Waals surface area contributed by atoms with Gasteiger partial charge in [0.25, 0.3) is 0 Å². The monoisotopic (exact) mass is 408 g/mol. The van der Waals surface area contributed by atoms with Crippen molar-refractivity contribution in [2.24, 2.45) is 0 Å². The number of nitrogens with two attached hydrogens (primary N) is 1. The van der Waals surface area contributed by atoms with Crippen molar-refractivity contribution in [3.63, 3.8) is 0 Å². The number of nitrogen functional groups attached to an aromatic ring is 1. The molecule has 0 unspecified atom stereocenters. The molecule has 31 heavy (non-hydrogen) atoms. The maximum absolute atomic E-state index is 6.60. The lowest BCUT2D eigenvalue weighted by atomic mass is 9.95. The average molecular weight is 409 g/mol. The van der Waals surface area contributed by atoms with Gasteiger partial charge in [0, 0.05) is 47.5 Å². The summed E-state index contributed by atoms with van der Waals surface area (Å²) in [5, 5.41) is 5.52. The first-order valence-corrected chi connectivity index (χ1v) is 10.3. The van der Waals surface area contributed by atoms with Gasteiger partial charge in [-0.15, -0.1) is 0 Å². The summed E-state index contributed by atoms with van der Waals surface area (Å²) in [5.41, 5.74) is 12.8. The van der Waals surface area contributed by atoms with Crippen molar-refractivity contribution in [1.82, 2.24) is 4.98 Å². The second-order valence-corrected chi connectivity index (χ2v) is 7.60. The summed E-state index contributed by atoms with van der Waals surface area (Å²) < 4.78 is 5.84. The van der Waals surface area contributed by atoms with Crippen LogP contribution in [0.25, 0.3) is 16.8 Å². The van der Waals surface area contributed by atoms with E-state index in [1.807, 2.05) is 36.5 Å². The highest BCUT2D eigenvalue weighted by Crippen LogP contribution is 2.41. The standard InChI is InChI=1S/C26H24N4O/c1-31-26-23-14-19-17-30(20-8-5-12-28-16-20)13-11-21(19)25(27)22(23)9-10-24(26)29-15-18-6-3-2-4-7-18/h2-14,16,29H,15,17,27H2,1H3. The molecular weight excluding hydrogens is 384 g/mol. The molecule has 0 radical (unpaired) electrons. The van der Waals surface area contributed by atoms with Crippen molar-refractivity contribution in [3.05, 3.63) is 95.9 Å². The molecule has 154 valence electrons. The second kappa shape index (κ2) is 8.03. The summed E-state index contributed by atoms with van der Waals surface area (Å²) in [6.07, 6.45) is 7.79. The number of hydrogen-bond donors (Lipinski definition) is 2. The lowest BCUT2D eigenvalue weighted by Crippen LogP contribution is -2.19. The van der Waals surface area contributed by atoms with Crippen LogP contribution in [0.1, 0.15) is 16.7 Å². The highest BCUT2D eigenvalue weighted by molar-refractivity contribution is 6.04. The van der Waals surface area contributed by atoms with Crippen LogP contribution in [-0.4, -0.2) is 12.1 Å². The molecular formula is C26H24N4O. The zero-order valence-corrected chi connectivity index (χ0v) is 17.4. The van der Waals surface area contributed by atoms with Crippen LogP contribution in [0.15, 0.2) is 79.3 Å². The number of benzene rings is 3. The Morgan fingerprint density at radius 1 is 1.06 bits per heavy atom. The molecule has 4 aromatic rings. The van der Waals surface area contributed by atoms with E-state index >= 15 is 0 Å². The predicted octanol–water partition coefficient (Wildman–Crippen LogP) is 5.43. The minimum Gasteiger partial charge on any atom is -0.494 e. The van der Waals surface area contributed by atoms with E-state index in [-0.39, 0.29) is 0 Å². The van der Waals surface area contributed by atoms with Gasteiger partial charge >= 0.3 is 0 Å². The van der Waals surface area contributed by atoms with Crippen LogP contribution >= 0.6 is 0 Å². The Balaban J connectivity index is 1.53. The highest BCUT2D eigenvalue weighted by Gasteiger charge is 2.19. The summed E-state index contributed by atoms with van der Waals surface area (Å²) in [6.45, 7) is 1.45. The van der Waals surface area contributed by atoms with Crippen LogP contribution in [0.2, 0.25) is 0 Å². The number of fused-ring (bicyclic) bond motifs is 2. The maximum Gasteiger partial charge on any atom is 0.149 e. The zero-order valence-electron chi connectivity index (χ0n) is 17.4. The zero-order chi connectivity index (χ0) is 21.2. The van der Waals surface area contributed by atoms with E-state index in [0.717, 1.165) is 57.8 Å². The fourth-order valence-electron chi connectivity index (χ4n) is 4.13. The van der Waals surface area contributed by atoms with Gasteiger partial charge in [0.1, 0.15) is 5.75 Å². The predicted molar refractivity (Wildman–Crippen MR) is 128 cm³/mol. The Labute approximate surface area is 181 Å². The number of rotatable bonds is 5. The first-order valence-electron chi connectivity index (χ1n) is 10.3. The fourth-order valence-corrected chi connectivity index (χ4v) is 4.13. The third-order valence-electron chi connectivity index (χ3n) is 5.71. The van der Waals surface area contributed by atoms with E-state index in [1.54, 1.807) is 13.3 Å². The Kier molecular flexibility index (Phi) is 4.92. The molecule has 0 aliphatic carbocycles. The number of hydrogen-bond acceptors (Lipinski definition) is 5. The molecule has 0 bridgehead atoms. The Morgan fingerprint density at radius 2 is 1.94 bits per heavy atom. The molecule has 1 aromatic heterocycles. The normalized spacial score (nSPS) is 12.6. The number of aromatic nitrogens is 1. The SMILES string of the molecule is COc1c(NCc2ccccc2)ccc2c(N)c3c(cc12)CN(c1cccnc1)C=C3. The number of anilines is 3. The number of nitrogens with one attached hydrogen (secondary N) is 1. The van der Waals surface area contributed by atoms with Crippen LogP contribution < -0.4 is 20.7 Å². The molecule has 2 heterocycles. The van der Waals surface area contributed by atoms with Gasteiger partial charge in [-0.05, 0) is 47.5 Å². The molecule has 5 heteroatoms. The molecule has 0 atom stereocenters. The van der Waals surface area contributed by atoms with Crippen LogP contribution in [0.3, 0.4) is 0 Å². The van der Waals surface area contributed by atoms with E-state index in [1.165, 1.54) is 5.56 Å². The maximum atomic E-state index is 6.60. The molecule has 1 aliphatic rings. The lowest BCUT2D eigenvalue weighted by Gasteiger charge is -2.27. The quantitative estimate of drug-likeness (QED) is 0.431. The van der Waals surface area contributed by atoms with Crippen molar-refractivity contribution in [2.75, 3.05) is 23.1 Å². The van der Waals surface area contributed by atoms with Crippen molar-refractivity contribution < 1.29 is 4.74 Å². The van der Waals surface area contributed by atoms with E-state index in [9.17, 15) is 0 Å². The second-order valence-electron chi connectivity index (χ2n) is 7.60. The Hall–Kier alpha value is -3.99. The highest BCUT2D eigenvalue weighted by atomic mass is 16.5. The minimum atomic E-state index is 0.723. The average Bonchev–Trinajstić information content (AvgIpc) is 2.83. The first-order chi connectivity index (χ1) is 15.2. The molecule has 3 aromatic carbocycles. The molecule has 0 fully saturated rings. The van der Waals surface area contributed by atoms with Gasteiger partial charge in [0.05, 0.1) is 24.7 Å².